The Kier molecular flexibility index (Phi) is 4.96. The molecule has 1 aliphatic heterocycles. The second-order valence-electron chi connectivity index (χ2n) is 8.41. The summed E-state index contributed by atoms with van der Waals surface area (Å²) in [5, 5.41) is 2.92. The normalized spacial score (nSPS) is 21.1. The number of likely N-dealkylation sites (tertiary alicyclic amines) is 1. The molecule has 140 valence electrons. The first-order valence-corrected chi connectivity index (χ1v) is 10.1. The maximum Gasteiger partial charge on any atom is 0.228 e. The van der Waals surface area contributed by atoms with Crippen molar-refractivity contribution in [1.29, 1.82) is 0 Å². The highest BCUT2D eigenvalue weighted by molar-refractivity contribution is 5.92. The van der Waals surface area contributed by atoms with Crippen molar-refractivity contribution in [2.75, 3.05) is 18.4 Å². The number of amides is 2. The Morgan fingerprint density at radius 2 is 1.81 bits per heavy atom. The zero-order valence-corrected chi connectivity index (χ0v) is 15.6. The Morgan fingerprint density at radius 1 is 1.15 bits per heavy atom. The molecule has 0 atom stereocenters. The molecule has 4 rings (SSSR count). The van der Waals surface area contributed by atoms with Gasteiger partial charge in [-0.15, -0.1) is 0 Å². The Balaban J connectivity index is 1.25. The van der Waals surface area contributed by atoms with Gasteiger partial charge in [0.15, 0.2) is 0 Å². The van der Waals surface area contributed by atoms with Crippen LogP contribution in [0.1, 0.15) is 50.5 Å². The highest BCUT2D eigenvalue weighted by Crippen LogP contribution is 2.50. The second-order valence-corrected chi connectivity index (χ2v) is 8.41. The van der Waals surface area contributed by atoms with E-state index >= 15 is 0 Å². The average Bonchev–Trinajstić information content (AvgIpc) is 3.53. The summed E-state index contributed by atoms with van der Waals surface area (Å²) in [5.41, 5.74) is 1.08. The molecule has 5 heteroatoms. The van der Waals surface area contributed by atoms with Crippen molar-refractivity contribution in [1.82, 2.24) is 9.88 Å². The van der Waals surface area contributed by atoms with E-state index in [-0.39, 0.29) is 11.8 Å². The first kappa shape index (κ1) is 17.5. The molecule has 0 unspecified atom stereocenters. The minimum atomic E-state index is -0.0241. The molecule has 0 spiro atoms. The Morgan fingerprint density at radius 3 is 2.38 bits per heavy atom. The number of carbonyl (C=O) groups excluding carboxylic acids is 2. The highest BCUT2D eigenvalue weighted by Gasteiger charge is 2.43. The van der Waals surface area contributed by atoms with Crippen LogP contribution < -0.4 is 5.32 Å². The number of anilines is 1. The van der Waals surface area contributed by atoms with Gasteiger partial charge in [0.1, 0.15) is 5.82 Å². The summed E-state index contributed by atoms with van der Waals surface area (Å²) in [6, 6.07) is 3.79. The molecule has 1 saturated heterocycles. The van der Waals surface area contributed by atoms with E-state index in [1.807, 2.05) is 24.0 Å². The van der Waals surface area contributed by atoms with Gasteiger partial charge in [0.25, 0.3) is 0 Å². The van der Waals surface area contributed by atoms with Crippen molar-refractivity contribution in [3.05, 3.63) is 23.9 Å². The van der Waals surface area contributed by atoms with Crippen molar-refractivity contribution < 1.29 is 9.59 Å². The molecule has 26 heavy (non-hydrogen) atoms. The molecule has 0 radical (unpaired) electrons. The molecular formula is C21H29N3O2. The predicted octanol–water partition coefficient (Wildman–Crippen LogP) is 3.39. The quantitative estimate of drug-likeness (QED) is 0.851. The van der Waals surface area contributed by atoms with Gasteiger partial charge in [-0.25, -0.2) is 4.98 Å². The van der Waals surface area contributed by atoms with E-state index in [2.05, 4.69) is 10.3 Å². The smallest absolute Gasteiger partial charge is 0.228 e. The number of rotatable bonds is 6. The zero-order valence-electron chi connectivity index (χ0n) is 15.6. The van der Waals surface area contributed by atoms with Crippen molar-refractivity contribution in [2.45, 2.75) is 51.9 Å². The second kappa shape index (κ2) is 7.37. The van der Waals surface area contributed by atoms with Crippen LogP contribution in [-0.2, 0) is 9.59 Å². The standard InChI is InChI=1S/C21H29N3O2/c1-14-6-9-22-19(12-14)23-21(26)17-7-10-24(11-8-17)20(25)13-18(15-2-3-15)16-4-5-16/h6,9,12,15-18H,2-5,7-8,10-11,13H2,1H3,(H,22,23,26). The van der Waals surface area contributed by atoms with Gasteiger partial charge >= 0.3 is 0 Å². The number of pyridine rings is 1. The minimum Gasteiger partial charge on any atom is -0.343 e. The number of nitrogens with one attached hydrogen (secondary N) is 1. The lowest BCUT2D eigenvalue weighted by Gasteiger charge is -2.32. The molecule has 1 N–H and O–H groups in total. The van der Waals surface area contributed by atoms with Gasteiger partial charge in [-0.2, -0.15) is 0 Å². The summed E-state index contributed by atoms with van der Waals surface area (Å²) in [6.45, 7) is 3.40. The SMILES string of the molecule is Cc1ccnc(NC(=O)C2CCN(C(=O)CC(C3CC3)C3CC3)CC2)c1. The van der Waals surface area contributed by atoms with Gasteiger partial charge < -0.3 is 10.2 Å². The van der Waals surface area contributed by atoms with E-state index < -0.39 is 0 Å². The summed E-state index contributed by atoms with van der Waals surface area (Å²) in [4.78, 5) is 31.4. The van der Waals surface area contributed by atoms with Crippen molar-refractivity contribution >= 4 is 17.6 Å². The summed E-state index contributed by atoms with van der Waals surface area (Å²) >= 11 is 0. The summed E-state index contributed by atoms with van der Waals surface area (Å²) in [5.74, 6) is 3.20. The number of carbonyl (C=O) groups is 2. The molecule has 2 heterocycles. The molecule has 3 aliphatic rings. The van der Waals surface area contributed by atoms with E-state index in [0.29, 0.717) is 30.7 Å². The molecular weight excluding hydrogens is 326 g/mol. The summed E-state index contributed by atoms with van der Waals surface area (Å²) < 4.78 is 0. The van der Waals surface area contributed by atoms with E-state index in [1.165, 1.54) is 25.7 Å². The summed E-state index contributed by atoms with van der Waals surface area (Å²) in [6.07, 6.45) is 9.24. The number of aromatic nitrogens is 1. The molecule has 5 nitrogen and oxygen atoms in total. The van der Waals surface area contributed by atoms with Gasteiger partial charge in [-0.3, -0.25) is 9.59 Å². The van der Waals surface area contributed by atoms with Crippen LogP contribution in [-0.4, -0.2) is 34.8 Å². The number of nitrogens with zero attached hydrogens (tertiary/aromatic N) is 2. The topological polar surface area (TPSA) is 62.3 Å². The van der Waals surface area contributed by atoms with Crippen LogP contribution in [0.3, 0.4) is 0 Å². The Hall–Kier alpha value is -1.91. The molecule has 1 aromatic heterocycles. The molecule has 1 aromatic rings. The number of hydrogen-bond donors (Lipinski definition) is 1. The molecule has 2 aliphatic carbocycles. The Bertz CT molecular complexity index is 662. The van der Waals surface area contributed by atoms with Crippen LogP contribution in [0.5, 0.6) is 0 Å². The van der Waals surface area contributed by atoms with E-state index in [9.17, 15) is 9.59 Å². The van der Waals surface area contributed by atoms with Crippen LogP contribution in [0.15, 0.2) is 18.3 Å². The largest absolute Gasteiger partial charge is 0.343 e. The number of piperidine rings is 1. The van der Waals surface area contributed by atoms with Crippen LogP contribution in [0.25, 0.3) is 0 Å². The fraction of sp³-hybridized carbons (Fsp3) is 0.667. The van der Waals surface area contributed by atoms with Gasteiger partial charge in [0.2, 0.25) is 11.8 Å². The maximum absolute atomic E-state index is 12.7. The van der Waals surface area contributed by atoms with Gasteiger partial charge in [0, 0.05) is 31.6 Å². The van der Waals surface area contributed by atoms with Crippen molar-refractivity contribution in [3.63, 3.8) is 0 Å². The lowest BCUT2D eigenvalue weighted by molar-refractivity contribution is -0.135. The Labute approximate surface area is 155 Å². The highest BCUT2D eigenvalue weighted by atomic mass is 16.2. The third-order valence-corrected chi connectivity index (χ3v) is 6.25. The van der Waals surface area contributed by atoms with Crippen LogP contribution in [0.2, 0.25) is 0 Å². The fourth-order valence-corrected chi connectivity index (χ4v) is 4.32. The third kappa shape index (κ3) is 4.25. The van der Waals surface area contributed by atoms with E-state index in [4.69, 9.17) is 0 Å². The number of aryl methyl sites for hydroxylation is 1. The lowest BCUT2D eigenvalue weighted by Crippen LogP contribution is -2.42. The van der Waals surface area contributed by atoms with E-state index in [1.54, 1.807) is 6.20 Å². The molecule has 0 aromatic carbocycles. The monoisotopic (exact) mass is 355 g/mol. The van der Waals surface area contributed by atoms with E-state index in [0.717, 1.165) is 36.7 Å². The van der Waals surface area contributed by atoms with Crippen LogP contribution in [0, 0.1) is 30.6 Å². The van der Waals surface area contributed by atoms with Gasteiger partial charge in [-0.05, 0) is 80.9 Å². The van der Waals surface area contributed by atoms with Crippen LogP contribution >= 0.6 is 0 Å². The van der Waals surface area contributed by atoms with Crippen molar-refractivity contribution in [2.24, 2.45) is 23.7 Å². The molecule has 2 amide bonds. The average molecular weight is 355 g/mol. The summed E-state index contributed by atoms with van der Waals surface area (Å²) in [7, 11) is 0. The zero-order chi connectivity index (χ0) is 18.1. The van der Waals surface area contributed by atoms with Crippen molar-refractivity contribution in [3.8, 4) is 0 Å². The first-order chi connectivity index (χ1) is 12.6. The van der Waals surface area contributed by atoms with Gasteiger partial charge in [-0.1, -0.05) is 0 Å². The molecule has 2 saturated carbocycles. The lowest BCUT2D eigenvalue weighted by atomic mass is 9.91. The predicted molar refractivity (Wildman–Crippen MR) is 100 cm³/mol. The molecule has 0 bridgehead atoms. The first-order valence-electron chi connectivity index (χ1n) is 10.1. The third-order valence-electron chi connectivity index (χ3n) is 6.25. The molecule has 3 fully saturated rings. The number of hydrogen-bond acceptors (Lipinski definition) is 3. The fourth-order valence-electron chi connectivity index (χ4n) is 4.32. The maximum atomic E-state index is 12.7. The minimum absolute atomic E-state index is 0.0241. The van der Waals surface area contributed by atoms with Gasteiger partial charge in [0.05, 0.1) is 0 Å². The van der Waals surface area contributed by atoms with Crippen LogP contribution in [0.4, 0.5) is 5.82 Å².